The summed E-state index contributed by atoms with van der Waals surface area (Å²) in [5.74, 6) is 1.33. The van der Waals surface area contributed by atoms with Crippen LogP contribution in [-0.4, -0.2) is 53.0 Å². The van der Waals surface area contributed by atoms with Gasteiger partial charge in [0, 0.05) is 25.0 Å². The first-order chi connectivity index (χ1) is 12.8. The van der Waals surface area contributed by atoms with Gasteiger partial charge in [-0.3, -0.25) is 4.79 Å². The highest BCUT2D eigenvalue weighted by molar-refractivity contribution is 7.16. The maximum Gasteiger partial charge on any atom is 0.223 e. The number of hydrogen-bond donors (Lipinski definition) is 2. The summed E-state index contributed by atoms with van der Waals surface area (Å²) in [4.78, 5) is 24.6. The summed E-state index contributed by atoms with van der Waals surface area (Å²) in [5.41, 5.74) is 0. The number of nitrogens with zero attached hydrogens (tertiary/aromatic N) is 3. The first-order valence-electron chi connectivity index (χ1n) is 9.74. The highest BCUT2D eigenvalue weighted by atomic mass is 32.1. The van der Waals surface area contributed by atoms with E-state index in [1.54, 1.807) is 17.7 Å². The molecule has 0 atom stereocenters. The van der Waals surface area contributed by atoms with Gasteiger partial charge >= 0.3 is 0 Å². The predicted molar refractivity (Wildman–Crippen MR) is 105 cm³/mol. The van der Waals surface area contributed by atoms with Gasteiger partial charge in [0.25, 0.3) is 0 Å². The molecule has 0 spiro atoms. The Labute approximate surface area is 158 Å². The smallest absolute Gasteiger partial charge is 0.223 e. The topological polar surface area (TPSA) is 70.2 Å². The molecule has 2 fully saturated rings. The van der Waals surface area contributed by atoms with Gasteiger partial charge in [0.05, 0.1) is 5.39 Å². The van der Waals surface area contributed by atoms with Gasteiger partial charge in [-0.1, -0.05) is 0 Å². The van der Waals surface area contributed by atoms with Gasteiger partial charge < -0.3 is 15.5 Å². The Hall–Kier alpha value is -1.73. The van der Waals surface area contributed by atoms with E-state index in [9.17, 15) is 4.79 Å². The molecule has 2 aromatic heterocycles. The summed E-state index contributed by atoms with van der Waals surface area (Å²) in [7, 11) is 0. The lowest BCUT2D eigenvalue weighted by molar-refractivity contribution is -0.126. The molecule has 7 heteroatoms. The standard InChI is InChI=1S/C19H27N5OS/c25-18(20-8-11-24-9-1-2-10-24)14-3-5-15(6-4-14)23-17-16-7-12-26-19(16)22-13-21-17/h7,12-15H,1-6,8-11H2,(H,20,25)(H,21,22,23). The van der Waals surface area contributed by atoms with Crippen LogP contribution in [0.2, 0.25) is 0 Å². The number of anilines is 1. The Kier molecular flexibility index (Phi) is 5.65. The number of amides is 1. The molecule has 1 aliphatic carbocycles. The minimum Gasteiger partial charge on any atom is -0.367 e. The predicted octanol–water partition coefficient (Wildman–Crippen LogP) is 2.87. The summed E-state index contributed by atoms with van der Waals surface area (Å²) >= 11 is 1.64. The van der Waals surface area contributed by atoms with Crippen molar-refractivity contribution in [2.45, 2.75) is 44.6 Å². The Morgan fingerprint density at radius 1 is 1.19 bits per heavy atom. The second-order valence-electron chi connectivity index (χ2n) is 7.39. The molecule has 26 heavy (non-hydrogen) atoms. The van der Waals surface area contributed by atoms with E-state index in [1.807, 2.05) is 5.38 Å². The first kappa shape index (κ1) is 17.7. The van der Waals surface area contributed by atoms with Crippen LogP contribution in [0.1, 0.15) is 38.5 Å². The van der Waals surface area contributed by atoms with Gasteiger partial charge in [-0.05, 0) is 63.1 Å². The second kappa shape index (κ2) is 8.31. The van der Waals surface area contributed by atoms with E-state index >= 15 is 0 Å². The number of likely N-dealkylation sites (tertiary alicyclic amines) is 1. The van der Waals surface area contributed by atoms with Crippen LogP contribution in [0, 0.1) is 5.92 Å². The summed E-state index contributed by atoms with van der Waals surface area (Å²) in [6.45, 7) is 4.15. The van der Waals surface area contributed by atoms with Crippen LogP contribution in [0.15, 0.2) is 17.8 Å². The normalized spacial score (nSPS) is 24.0. The molecule has 3 heterocycles. The van der Waals surface area contributed by atoms with Crippen LogP contribution < -0.4 is 10.6 Å². The van der Waals surface area contributed by atoms with Crippen LogP contribution in [0.3, 0.4) is 0 Å². The number of fused-ring (bicyclic) bond motifs is 1. The zero-order valence-corrected chi connectivity index (χ0v) is 15.9. The van der Waals surface area contributed by atoms with Gasteiger partial charge in [-0.25, -0.2) is 9.97 Å². The van der Waals surface area contributed by atoms with Crippen LogP contribution >= 0.6 is 11.3 Å². The molecule has 2 aromatic rings. The molecule has 6 nitrogen and oxygen atoms in total. The number of carbonyl (C=O) groups is 1. The van der Waals surface area contributed by atoms with Crippen molar-refractivity contribution in [3.63, 3.8) is 0 Å². The van der Waals surface area contributed by atoms with Crippen LogP contribution in [0.5, 0.6) is 0 Å². The van der Waals surface area contributed by atoms with Crippen LogP contribution in [0.25, 0.3) is 10.2 Å². The summed E-state index contributed by atoms with van der Waals surface area (Å²) < 4.78 is 0. The van der Waals surface area contributed by atoms with E-state index in [0.29, 0.717) is 6.04 Å². The van der Waals surface area contributed by atoms with Crippen molar-refractivity contribution < 1.29 is 4.79 Å². The highest BCUT2D eigenvalue weighted by Gasteiger charge is 2.26. The fourth-order valence-electron chi connectivity index (χ4n) is 4.09. The van der Waals surface area contributed by atoms with E-state index in [-0.39, 0.29) is 11.8 Å². The Morgan fingerprint density at radius 2 is 2.00 bits per heavy atom. The maximum atomic E-state index is 12.4. The van der Waals surface area contributed by atoms with Gasteiger partial charge in [0.2, 0.25) is 5.91 Å². The maximum absolute atomic E-state index is 12.4. The van der Waals surface area contributed by atoms with Crippen molar-refractivity contribution in [3.05, 3.63) is 17.8 Å². The molecule has 2 aliphatic rings. The molecule has 140 valence electrons. The van der Waals surface area contributed by atoms with Crippen molar-refractivity contribution in [1.82, 2.24) is 20.2 Å². The van der Waals surface area contributed by atoms with E-state index in [4.69, 9.17) is 0 Å². The molecular weight excluding hydrogens is 346 g/mol. The van der Waals surface area contributed by atoms with E-state index < -0.39 is 0 Å². The molecule has 1 saturated heterocycles. The summed E-state index contributed by atoms with van der Waals surface area (Å²) in [6, 6.07) is 2.46. The molecule has 4 rings (SSSR count). The molecule has 1 amide bonds. The Morgan fingerprint density at radius 3 is 2.81 bits per heavy atom. The van der Waals surface area contributed by atoms with E-state index in [0.717, 1.165) is 54.8 Å². The van der Waals surface area contributed by atoms with Crippen molar-refractivity contribution in [1.29, 1.82) is 0 Å². The van der Waals surface area contributed by atoms with E-state index in [2.05, 4.69) is 31.6 Å². The fraction of sp³-hybridized carbons (Fsp3) is 0.632. The first-order valence-corrected chi connectivity index (χ1v) is 10.6. The monoisotopic (exact) mass is 373 g/mol. The molecule has 0 bridgehead atoms. The molecule has 0 unspecified atom stereocenters. The van der Waals surface area contributed by atoms with Crippen molar-refractivity contribution in [2.75, 3.05) is 31.5 Å². The molecule has 0 radical (unpaired) electrons. The number of aromatic nitrogens is 2. The number of nitrogens with one attached hydrogen (secondary N) is 2. The average molecular weight is 374 g/mol. The van der Waals surface area contributed by atoms with Crippen molar-refractivity contribution in [3.8, 4) is 0 Å². The van der Waals surface area contributed by atoms with Gasteiger partial charge in [-0.15, -0.1) is 11.3 Å². The zero-order valence-electron chi connectivity index (χ0n) is 15.1. The number of hydrogen-bond acceptors (Lipinski definition) is 6. The van der Waals surface area contributed by atoms with Crippen molar-refractivity contribution >= 4 is 33.3 Å². The molecule has 1 saturated carbocycles. The lowest BCUT2D eigenvalue weighted by Gasteiger charge is -2.29. The summed E-state index contributed by atoms with van der Waals surface area (Å²) in [6.07, 6.45) is 8.15. The SMILES string of the molecule is O=C(NCCN1CCCC1)C1CCC(Nc2ncnc3sccc23)CC1. The molecule has 1 aliphatic heterocycles. The lowest BCUT2D eigenvalue weighted by Crippen LogP contribution is -2.39. The quantitative estimate of drug-likeness (QED) is 0.815. The highest BCUT2D eigenvalue weighted by Crippen LogP contribution is 2.29. The van der Waals surface area contributed by atoms with Crippen LogP contribution in [-0.2, 0) is 4.79 Å². The number of rotatable bonds is 6. The third-order valence-electron chi connectivity index (χ3n) is 5.63. The molecule has 2 N–H and O–H groups in total. The third kappa shape index (κ3) is 4.15. The lowest BCUT2D eigenvalue weighted by atomic mass is 9.85. The number of carbonyl (C=O) groups excluding carboxylic acids is 1. The molecule has 0 aromatic carbocycles. The third-order valence-corrected chi connectivity index (χ3v) is 6.45. The fourth-order valence-corrected chi connectivity index (χ4v) is 4.82. The average Bonchev–Trinajstić information content (AvgIpc) is 3.34. The molecular formula is C19H27N5OS. The zero-order chi connectivity index (χ0) is 17.8. The van der Waals surface area contributed by atoms with E-state index in [1.165, 1.54) is 25.9 Å². The largest absolute Gasteiger partial charge is 0.367 e. The Balaban J connectivity index is 1.22. The second-order valence-corrected chi connectivity index (χ2v) is 8.29. The summed E-state index contributed by atoms with van der Waals surface area (Å²) in [5, 5.41) is 9.86. The van der Waals surface area contributed by atoms with Crippen molar-refractivity contribution in [2.24, 2.45) is 5.92 Å². The minimum atomic E-state index is 0.165. The van der Waals surface area contributed by atoms with Gasteiger partial charge in [0.1, 0.15) is 17.0 Å². The van der Waals surface area contributed by atoms with Gasteiger partial charge in [0.15, 0.2) is 0 Å². The number of thiophene rings is 1. The minimum absolute atomic E-state index is 0.165. The van der Waals surface area contributed by atoms with Gasteiger partial charge in [-0.2, -0.15) is 0 Å². The van der Waals surface area contributed by atoms with Crippen LogP contribution in [0.4, 0.5) is 5.82 Å². The Bertz CT molecular complexity index is 734.